The van der Waals surface area contributed by atoms with Crippen molar-refractivity contribution in [3.05, 3.63) is 41.8 Å². The maximum Gasteiger partial charge on any atom is 0.346 e. The summed E-state index contributed by atoms with van der Waals surface area (Å²) >= 11 is 0. The predicted molar refractivity (Wildman–Crippen MR) is 163 cm³/mol. The number of carbonyl (C=O) groups is 1. The molecule has 230 valence electrons. The standard InChI is InChI=1S/C31H48FN3O5S/c1-10-13-28(32)27(11-2)25(7)35(37)31(36)33-26-15-16-30(29(19-26)40-9)41(38,39)21-23(5)14-12-17-34(8)20-24(6)18-22(3)4/h2,10,13,15-16,19,22-25,37H,12,14,17-18,20-21H2,1,3-9H3,(H,33,36)/b13-10-,28-27-. The number of urea groups is 1. The summed E-state index contributed by atoms with van der Waals surface area (Å²) in [5, 5.41) is 13.1. The molecule has 10 heteroatoms. The van der Waals surface area contributed by atoms with Gasteiger partial charge in [0.1, 0.15) is 16.5 Å². The second kappa shape index (κ2) is 17.2. The quantitative estimate of drug-likeness (QED) is 0.0977. The Hall–Kier alpha value is -2.87. The molecule has 8 nitrogen and oxygen atoms in total. The number of hydrogen-bond donors (Lipinski definition) is 2. The number of nitrogens with zero attached hydrogens (tertiary/aromatic N) is 2. The van der Waals surface area contributed by atoms with Crippen LogP contribution in [-0.2, 0) is 9.84 Å². The molecule has 0 saturated carbocycles. The fourth-order valence-corrected chi connectivity index (χ4v) is 6.69. The van der Waals surface area contributed by atoms with Gasteiger partial charge in [-0.2, -0.15) is 5.06 Å². The van der Waals surface area contributed by atoms with E-state index in [2.05, 4.69) is 44.0 Å². The van der Waals surface area contributed by atoms with Crippen LogP contribution in [0.1, 0.15) is 60.8 Å². The zero-order chi connectivity index (χ0) is 31.3. The van der Waals surface area contributed by atoms with Crippen LogP contribution in [0.5, 0.6) is 5.75 Å². The summed E-state index contributed by atoms with van der Waals surface area (Å²) in [6.45, 7) is 13.6. The van der Waals surface area contributed by atoms with Crippen LogP contribution < -0.4 is 10.1 Å². The fraction of sp³-hybridized carbons (Fsp3) is 0.581. The Balaban J connectivity index is 2.86. The van der Waals surface area contributed by atoms with Gasteiger partial charge in [0.05, 0.1) is 24.5 Å². The van der Waals surface area contributed by atoms with E-state index in [4.69, 9.17) is 11.2 Å². The highest BCUT2D eigenvalue weighted by atomic mass is 32.2. The average Bonchev–Trinajstić information content (AvgIpc) is 2.87. The molecule has 0 aliphatic rings. The molecule has 1 aromatic rings. The van der Waals surface area contributed by atoms with Gasteiger partial charge in [0, 0.05) is 18.3 Å². The third kappa shape index (κ3) is 11.9. The van der Waals surface area contributed by atoms with Crippen LogP contribution in [0.2, 0.25) is 0 Å². The molecule has 0 spiro atoms. The van der Waals surface area contributed by atoms with E-state index in [9.17, 15) is 22.8 Å². The van der Waals surface area contributed by atoms with Gasteiger partial charge in [-0.15, -0.1) is 6.42 Å². The largest absolute Gasteiger partial charge is 0.495 e. The predicted octanol–water partition coefficient (Wildman–Crippen LogP) is 6.54. The Morgan fingerprint density at radius 1 is 1.22 bits per heavy atom. The SMILES string of the molecule is C#C/C(=C(F)\C=C/C)C(C)N(O)C(=O)Nc1ccc(S(=O)(=O)CC(C)CCCN(C)CC(C)CC(C)C)c(OC)c1. The van der Waals surface area contributed by atoms with Crippen LogP contribution in [0.25, 0.3) is 0 Å². The molecule has 0 radical (unpaired) electrons. The van der Waals surface area contributed by atoms with E-state index in [0.717, 1.165) is 32.0 Å². The zero-order valence-corrected chi connectivity index (χ0v) is 26.6. The molecule has 0 saturated heterocycles. The zero-order valence-electron chi connectivity index (χ0n) is 25.8. The molecule has 0 heterocycles. The Morgan fingerprint density at radius 2 is 1.88 bits per heavy atom. The highest BCUT2D eigenvalue weighted by Gasteiger charge is 2.26. The maximum absolute atomic E-state index is 14.2. The summed E-state index contributed by atoms with van der Waals surface area (Å²) in [4.78, 5) is 14.9. The van der Waals surface area contributed by atoms with E-state index in [0.29, 0.717) is 11.8 Å². The van der Waals surface area contributed by atoms with Crippen LogP contribution >= 0.6 is 0 Å². The van der Waals surface area contributed by atoms with Crippen molar-refractivity contribution in [2.24, 2.45) is 17.8 Å². The molecule has 0 aromatic heterocycles. The minimum Gasteiger partial charge on any atom is -0.495 e. The van der Waals surface area contributed by atoms with E-state index < -0.39 is 27.7 Å². The number of benzene rings is 1. The Kier molecular flexibility index (Phi) is 15.1. The van der Waals surface area contributed by atoms with E-state index >= 15 is 0 Å². The van der Waals surface area contributed by atoms with Crippen molar-refractivity contribution >= 4 is 21.6 Å². The van der Waals surface area contributed by atoms with Crippen LogP contribution in [0.3, 0.4) is 0 Å². The molecule has 1 rings (SSSR count). The van der Waals surface area contributed by atoms with Gasteiger partial charge >= 0.3 is 6.03 Å². The number of allylic oxidation sites excluding steroid dienone is 3. The summed E-state index contributed by atoms with van der Waals surface area (Å²) in [6, 6.07) is 2.00. The number of hydrogen-bond acceptors (Lipinski definition) is 6. The lowest BCUT2D eigenvalue weighted by Crippen LogP contribution is -2.40. The number of halogens is 1. The average molecular weight is 594 g/mol. The number of rotatable bonds is 16. The van der Waals surface area contributed by atoms with E-state index in [1.165, 1.54) is 44.7 Å². The number of amides is 2. The smallest absolute Gasteiger partial charge is 0.346 e. The van der Waals surface area contributed by atoms with Gasteiger partial charge in [0.25, 0.3) is 0 Å². The first-order chi connectivity index (χ1) is 19.2. The van der Waals surface area contributed by atoms with Crippen molar-refractivity contribution in [1.82, 2.24) is 9.96 Å². The number of ether oxygens (including phenoxy) is 1. The lowest BCUT2D eigenvalue weighted by Gasteiger charge is -2.23. The second-order valence-corrected chi connectivity index (χ2v) is 13.3. The molecular formula is C31H48FN3O5S. The number of hydroxylamine groups is 2. The van der Waals surface area contributed by atoms with Crippen molar-refractivity contribution in [3.63, 3.8) is 0 Å². The molecule has 0 fully saturated rings. The molecule has 2 N–H and O–H groups in total. The maximum atomic E-state index is 14.2. The number of methoxy groups -OCH3 is 1. The molecule has 3 unspecified atom stereocenters. The molecule has 0 aliphatic heterocycles. The van der Waals surface area contributed by atoms with Gasteiger partial charge in [-0.05, 0) is 82.7 Å². The summed E-state index contributed by atoms with van der Waals surface area (Å²) in [5.41, 5.74) is -0.0267. The Labute approximate surface area is 246 Å². The van der Waals surface area contributed by atoms with Gasteiger partial charge in [0.15, 0.2) is 9.84 Å². The lowest BCUT2D eigenvalue weighted by atomic mass is 9.98. The van der Waals surface area contributed by atoms with E-state index in [-0.39, 0.29) is 38.6 Å². The normalized spacial score (nSPS) is 14.9. The first-order valence-corrected chi connectivity index (χ1v) is 15.7. The highest BCUT2D eigenvalue weighted by Crippen LogP contribution is 2.30. The van der Waals surface area contributed by atoms with Crippen LogP contribution in [-0.4, -0.2) is 68.7 Å². The van der Waals surface area contributed by atoms with Gasteiger partial charge in [-0.3, -0.25) is 5.21 Å². The first-order valence-electron chi connectivity index (χ1n) is 14.0. The minimum atomic E-state index is -3.68. The topological polar surface area (TPSA) is 99.2 Å². The Morgan fingerprint density at radius 3 is 2.44 bits per heavy atom. The molecule has 0 aliphatic carbocycles. The summed E-state index contributed by atoms with van der Waals surface area (Å²) < 4.78 is 46.0. The van der Waals surface area contributed by atoms with E-state index in [1.54, 1.807) is 6.92 Å². The van der Waals surface area contributed by atoms with Crippen LogP contribution in [0.15, 0.2) is 46.6 Å². The molecular weight excluding hydrogens is 545 g/mol. The van der Waals surface area contributed by atoms with Gasteiger partial charge < -0.3 is 15.0 Å². The Bertz CT molecular complexity index is 1210. The summed E-state index contributed by atoms with van der Waals surface area (Å²) in [7, 11) is -0.232. The fourth-order valence-electron chi connectivity index (χ4n) is 4.87. The second-order valence-electron chi connectivity index (χ2n) is 11.2. The van der Waals surface area contributed by atoms with E-state index in [1.807, 2.05) is 6.92 Å². The van der Waals surface area contributed by atoms with Gasteiger partial charge in [-0.25, -0.2) is 17.6 Å². The summed E-state index contributed by atoms with van der Waals surface area (Å²) in [6.07, 6.45) is 10.8. The number of carbonyl (C=O) groups excluding carboxylic acids is 1. The van der Waals surface area contributed by atoms with Crippen LogP contribution in [0, 0.1) is 30.1 Å². The molecule has 1 aromatic carbocycles. The van der Waals surface area contributed by atoms with Crippen molar-refractivity contribution < 1.29 is 27.5 Å². The number of terminal acetylenes is 1. The number of nitrogens with one attached hydrogen (secondary N) is 1. The third-order valence-corrected chi connectivity index (χ3v) is 8.72. The van der Waals surface area contributed by atoms with Gasteiger partial charge in [-0.1, -0.05) is 39.7 Å². The monoisotopic (exact) mass is 593 g/mol. The van der Waals surface area contributed by atoms with Gasteiger partial charge in [0.2, 0.25) is 0 Å². The molecule has 41 heavy (non-hydrogen) atoms. The van der Waals surface area contributed by atoms with Crippen molar-refractivity contribution in [2.45, 2.75) is 71.7 Å². The molecule has 0 bridgehead atoms. The number of anilines is 1. The lowest BCUT2D eigenvalue weighted by molar-refractivity contribution is -0.0565. The number of sulfone groups is 1. The molecule has 3 atom stereocenters. The molecule has 2 amide bonds. The van der Waals surface area contributed by atoms with Crippen molar-refractivity contribution in [1.29, 1.82) is 0 Å². The van der Waals surface area contributed by atoms with Crippen molar-refractivity contribution in [3.8, 4) is 18.1 Å². The first kappa shape index (κ1) is 36.2. The highest BCUT2D eigenvalue weighted by molar-refractivity contribution is 7.91. The minimum absolute atomic E-state index is 0.0182. The summed E-state index contributed by atoms with van der Waals surface area (Å²) in [5.74, 6) is 2.66. The third-order valence-electron chi connectivity index (χ3n) is 6.71. The van der Waals surface area contributed by atoms with Crippen LogP contribution in [0.4, 0.5) is 14.9 Å². The van der Waals surface area contributed by atoms with Crippen molar-refractivity contribution in [2.75, 3.05) is 38.3 Å².